The van der Waals surface area contributed by atoms with Crippen molar-refractivity contribution in [2.75, 3.05) is 13.6 Å². The van der Waals surface area contributed by atoms with E-state index >= 15 is 0 Å². The fourth-order valence-electron chi connectivity index (χ4n) is 5.17. The molecule has 2 fully saturated rings. The number of nitriles is 1. The Hall–Kier alpha value is -2.66. The van der Waals surface area contributed by atoms with E-state index in [0.29, 0.717) is 23.0 Å². The molecule has 3 heterocycles. The quantitative estimate of drug-likeness (QED) is 0.800. The molecule has 1 saturated heterocycles. The number of piperidine rings is 1. The average molecular weight is 375 g/mol. The predicted molar refractivity (Wildman–Crippen MR) is 88.5 cm³/mol. The van der Waals surface area contributed by atoms with Crippen molar-refractivity contribution in [2.45, 2.75) is 24.6 Å². The summed E-state index contributed by atoms with van der Waals surface area (Å²) in [5, 5.41) is 30.6. The molecule has 2 aliphatic heterocycles. The maximum atomic E-state index is 13.3. The molecule has 8 heteroatoms. The van der Waals surface area contributed by atoms with Gasteiger partial charge in [0.15, 0.2) is 0 Å². The summed E-state index contributed by atoms with van der Waals surface area (Å²) in [7, 11) is 1.96. The molecule has 1 unspecified atom stereocenters. The topological polar surface area (TPSA) is 72.4 Å². The van der Waals surface area contributed by atoms with Crippen LogP contribution in [0.1, 0.15) is 40.6 Å². The van der Waals surface area contributed by atoms with Crippen LogP contribution in [0.5, 0.6) is 11.8 Å². The van der Waals surface area contributed by atoms with Crippen molar-refractivity contribution in [3.63, 3.8) is 0 Å². The molecule has 27 heavy (non-hydrogen) atoms. The molecule has 4 aliphatic rings. The minimum absolute atomic E-state index is 0.0125. The molecule has 140 valence electrons. The van der Waals surface area contributed by atoms with Gasteiger partial charge in [-0.1, -0.05) is 0 Å². The zero-order chi connectivity index (χ0) is 19.2. The second-order valence-electron chi connectivity index (χ2n) is 7.70. The van der Waals surface area contributed by atoms with Crippen LogP contribution in [0.25, 0.3) is 5.69 Å². The molecule has 2 N–H and O–H groups in total. The molecule has 1 aromatic carbocycles. The third-order valence-electron chi connectivity index (χ3n) is 6.32. The Bertz CT molecular complexity index is 1020. The summed E-state index contributed by atoms with van der Waals surface area (Å²) in [6.45, 7) is 0.761. The predicted octanol–water partition coefficient (Wildman–Crippen LogP) is 3.50. The number of likely N-dealkylation sites (N-methyl/N-ethyl adjacent to an activating group) is 1. The smallest absolute Gasteiger partial charge is 0.417 e. The molecule has 2 aromatic rings. The minimum atomic E-state index is -4.71. The van der Waals surface area contributed by atoms with Crippen LogP contribution >= 0.6 is 0 Å². The van der Waals surface area contributed by atoms with Crippen LogP contribution in [0.4, 0.5) is 13.2 Å². The van der Waals surface area contributed by atoms with Gasteiger partial charge in [0.1, 0.15) is 0 Å². The highest BCUT2D eigenvalue weighted by atomic mass is 19.4. The first kappa shape index (κ1) is 16.5. The number of rotatable bonds is 1. The first-order valence-corrected chi connectivity index (χ1v) is 8.72. The van der Waals surface area contributed by atoms with Crippen LogP contribution in [-0.4, -0.2) is 33.3 Å². The summed E-state index contributed by atoms with van der Waals surface area (Å²) < 4.78 is 41.0. The number of aromatic nitrogens is 1. The Labute approximate surface area is 152 Å². The Balaban J connectivity index is 1.72. The zero-order valence-corrected chi connectivity index (χ0v) is 14.3. The summed E-state index contributed by atoms with van der Waals surface area (Å²) in [6.07, 6.45) is -3.66. The first-order chi connectivity index (χ1) is 12.7. The van der Waals surface area contributed by atoms with E-state index < -0.39 is 17.3 Å². The third kappa shape index (κ3) is 2.03. The van der Waals surface area contributed by atoms with E-state index in [2.05, 4.69) is 4.90 Å². The molecule has 1 saturated carbocycles. The Kier molecular flexibility index (Phi) is 3.05. The third-order valence-corrected chi connectivity index (χ3v) is 6.32. The normalized spacial score (nSPS) is 28.6. The minimum Gasteiger partial charge on any atom is -0.494 e. The van der Waals surface area contributed by atoms with E-state index in [1.807, 2.05) is 7.05 Å². The van der Waals surface area contributed by atoms with Crippen molar-refractivity contribution < 1.29 is 23.4 Å². The van der Waals surface area contributed by atoms with Gasteiger partial charge in [-0.3, -0.25) is 9.47 Å². The number of fused-ring (bicyclic) bond motifs is 1. The van der Waals surface area contributed by atoms with Crippen LogP contribution in [0.2, 0.25) is 0 Å². The average Bonchev–Trinajstić information content (AvgIpc) is 3.37. The van der Waals surface area contributed by atoms with Gasteiger partial charge in [-0.05, 0) is 43.5 Å². The highest BCUT2D eigenvalue weighted by molar-refractivity contribution is 5.60. The molecule has 4 atom stereocenters. The van der Waals surface area contributed by atoms with Crippen LogP contribution in [0, 0.1) is 23.2 Å². The Morgan fingerprint density at radius 3 is 2.52 bits per heavy atom. The lowest BCUT2D eigenvalue weighted by molar-refractivity contribution is -0.137. The largest absolute Gasteiger partial charge is 0.494 e. The van der Waals surface area contributed by atoms with Gasteiger partial charge < -0.3 is 10.2 Å². The van der Waals surface area contributed by atoms with Crippen molar-refractivity contribution in [1.82, 2.24) is 9.47 Å². The maximum absolute atomic E-state index is 13.3. The van der Waals surface area contributed by atoms with Gasteiger partial charge >= 0.3 is 6.18 Å². The standard InChI is InChI=1S/C19H16F3N3O2/c1-24-7-12-10-5-11(10)16(24)15-14(12)17(26)25(18(15)27)9-3-2-8(6-23)13(4-9)19(20,21)22/h2-4,10-12,16,26-27H,5,7H2,1H3/t10-,11+,12?,16+/m1/s1. The Morgan fingerprint density at radius 1 is 1.15 bits per heavy atom. The van der Waals surface area contributed by atoms with Crippen molar-refractivity contribution in [1.29, 1.82) is 5.26 Å². The summed E-state index contributed by atoms with van der Waals surface area (Å²) >= 11 is 0. The molecule has 2 aliphatic carbocycles. The number of hydrogen-bond donors (Lipinski definition) is 2. The molecule has 6 rings (SSSR count). The number of benzene rings is 1. The van der Waals surface area contributed by atoms with Crippen molar-refractivity contribution >= 4 is 0 Å². The summed E-state index contributed by atoms with van der Waals surface area (Å²) in [5.41, 5.74) is -0.309. The van der Waals surface area contributed by atoms with Gasteiger partial charge in [-0.2, -0.15) is 18.4 Å². The van der Waals surface area contributed by atoms with Crippen molar-refractivity contribution in [2.24, 2.45) is 11.8 Å². The molecule has 0 radical (unpaired) electrons. The zero-order valence-electron chi connectivity index (χ0n) is 14.3. The molecule has 2 bridgehead atoms. The highest BCUT2D eigenvalue weighted by Crippen LogP contribution is 2.68. The van der Waals surface area contributed by atoms with Gasteiger partial charge in [-0.15, -0.1) is 0 Å². The van der Waals surface area contributed by atoms with Crippen LogP contribution in [0.3, 0.4) is 0 Å². The number of nitrogens with zero attached hydrogens (tertiary/aromatic N) is 3. The molecule has 1 aromatic heterocycles. The van der Waals surface area contributed by atoms with E-state index in [4.69, 9.17) is 5.26 Å². The lowest BCUT2D eigenvalue weighted by Crippen LogP contribution is -2.41. The molecule has 0 amide bonds. The van der Waals surface area contributed by atoms with E-state index in [0.717, 1.165) is 29.7 Å². The lowest BCUT2D eigenvalue weighted by Gasteiger charge is -2.42. The molecule has 5 nitrogen and oxygen atoms in total. The first-order valence-electron chi connectivity index (χ1n) is 8.72. The van der Waals surface area contributed by atoms with E-state index in [1.165, 1.54) is 12.1 Å². The van der Waals surface area contributed by atoms with E-state index in [-0.39, 0.29) is 29.4 Å². The lowest BCUT2D eigenvalue weighted by atomic mass is 9.77. The second kappa shape index (κ2) is 4.98. The monoisotopic (exact) mass is 375 g/mol. The van der Waals surface area contributed by atoms with Crippen molar-refractivity contribution in [3.8, 4) is 23.5 Å². The molecular weight excluding hydrogens is 359 g/mol. The number of hydrogen-bond acceptors (Lipinski definition) is 4. The maximum Gasteiger partial charge on any atom is 0.417 e. The highest BCUT2D eigenvalue weighted by Gasteiger charge is 2.61. The van der Waals surface area contributed by atoms with Gasteiger partial charge in [0.25, 0.3) is 0 Å². The van der Waals surface area contributed by atoms with Crippen LogP contribution in [-0.2, 0) is 6.18 Å². The van der Waals surface area contributed by atoms with Gasteiger partial charge in [0.2, 0.25) is 11.8 Å². The summed E-state index contributed by atoms with van der Waals surface area (Å²) in [4.78, 5) is 2.14. The Morgan fingerprint density at radius 2 is 1.85 bits per heavy atom. The second-order valence-corrected chi connectivity index (χ2v) is 7.70. The SMILES string of the molecule is CN1CC2c3c(c(O)n(-c4ccc(C#N)c(C(F)(F)F)c4)c3O)[C@@H]1[C@H]1C[C@@H]21. The number of aromatic hydroxyl groups is 2. The number of halogens is 3. The van der Waals surface area contributed by atoms with Crippen LogP contribution in [0.15, 0.2) is 18.2 Å². The molecule has 0 spiro atoms. The van der Waals surface area contributed by atoms with Crippen LogP contribution < -0.4 is 0 Å². The van der Waals surface area contributed by atoms with Crippen molar-refractivity contribution in [3.05, 3.63) is 40.5 Å². The van der Waals surface area contributed by atoms with Gasteiger partial charge in [0, 0.05) is 29.6 Å². The van der Waals surface area contributed by atoms with Gasteiger partial charge in [0.05, 0.1) is 22.9 Å². The van der Waals surface area contributed by atoms with E-state index in [1.54, 1.807) is 0 Å². The number of alkyl halides is 3. The fourth-order valence-corrected chi connectivity index (χ4v) is 5.17. The molecular formula is C19H16F3N3O2. The van der Waals surface area contributed by atoms with Gasteiger partial charge in [-0.25, -0.2) is 0 Å². The summed E-state index contributed by atoms with van der Waals surface area (Å²) in [5.74, 6) is 0.550. The fraction of sp³-hybridized carbons (Fsp3) is 0.421. The summed E-state index contributed by atoms with van der Waals surface area (Å²) in [6, 6.07) is 4.69. The van der Waals surface area contributed by atoms with E-state index in [9.17, 15) is 23.4 Å².